The fourth-order valence-electron chi connectivity index (χ4n) is 1.42. The number of carbonyl (C=O) groups is 1. The summed E-state index contributed by atoms with van der Waals surface area (Å²) in [4.78, 5) is 15.6. The lowest BCUT2D eigenvalue weighted by Gasteiger charge is -2.08. The zero-order valence-corrected chi connectivity index (χ0v) is 10.8. The number of amides is 1. The second kappa shape index (κ2) is 5.40. The number of hydrogen-bond acceptors (Lipinski definition) is 2. The van der Waals surface area contributed by atoms with Gasteiger partial charge in [0.05, 0.1) is 5.69 Å². The molecule has 0 atom stereocenters. The number of rotatable bonds is 2. The summed E-state index contributed by atoms with van der Waals surface area (Å²) < 4.78 is 39.8. The van der Waals surface area contributed by atoms with Gasteiger partial charge in [-0.2, -0.15) is 0 Å². The van der Waals surface area contributed by atoms with Crippen molar-refractivity contribution >= 4 is 27.5 Å². The molecule has 7 heteroatoms. The van der Waals surface area contributed by atoms with Crippen molar-refractivity contribution in [2.45, 2.75) is 0 Å². The van der Waals surface area contributed by atoms with Gasteiger partial charge in [-0.1, -0.05) is 0 Å². The van der Waals surface area contributed by atoms with Crippen LogP contribution in [0.1, 0.15) is 10.4 Å². The van der Waals surface area contributed by atoms with Gasteiger partial charge in [-0.3, -0.25) is 4.79 Å². The van der Waals surface area contributed by atoms with Crippen LogP contribution < -0.4 is 5.32 Å². The lowest BCUT2D eigenvalue weighted by atomic mass is 10.1. The van der Waals surface area contributed by atoms with Crippen molar-refractivity contribution in [2.24, 2.45) is 0 Å². The van der Waals surface area contributed by atoms with Gasteiger partial charge in [-0.05, 0) is 28.1 Å². The fraction of sp³-hybridized carbons (Fsp3) is 0. The zero-order chi connectivity index (χ0) is 14.0. The molecule has 98 valence electrons. The molecule has 1 aromatic heterocycles. The standard InChI is InChI=1S/C12H6BrF3N2O/c13-11-9(2-1-3-17-11)18-12(19)10-7(15)4-6(14)5-8(10)16/h1-5H,(H,18,19). The van der Waals surface area contributed by atoms with E-state index in [2.05, 4.69) is 26.2 Å². The number of benzene rings is 1. The molecule has 1 N–H and O–H groups in total. The highest BCUT2D eigenvalue weighted by atomic mass is 79.9. The van der Waals surface area contributed by atoms with Crippen LogP contribution in [0.25, 0.3) is 0 Å². The first-order valence-corrected chi connectivity index (χ1v) is 5.84. The summed E-state index contributed by atoms with van der Waals surface area (Å²) in [6, 6.07) is 3.92. The molecule has 0 spiro atoms. The Bertz CT molecular complexity index is 626. The summed E-state index contributed by atoms with van der Waals surface area (Å²) >= 11 is 3.07. The second-order valence-electron chi connectivity index (χ2n) is 3.54. The Morgan fingerprint density at radius 3 is 2.42 bits per heavy atom. The average molecular weight is 331 g/mol. The summed E-state index contributed by atoms with van der Waals surface area (Å²) in [5.74, 6) is -4.65. The Morgan fingerprint density at radius 2 is 1.84 bits per heavy atom. The third-order valence-corrected chi connectivity index (χ3v) is 2.87. The van der Waals surface area contributed by atoms with Crippen LogP contribution in [0.2, 0.25) is 0 Å². The van der Waals surface area contributed by atoms with Crippen LogP contribution in [0.15, 0.2) is 35.1 Å². The van der Waals surface area contributed by atoms with Crippen molar-refractivity contribution in [3.63, 3.8) is 0 Å². The van der Waals surface area contributed by atoms with E-state index in [1.807, 2.05) is 0 Å². The Labute approximate surface area is 114 Å². The number of pyridine rings is 1. The maximum Gasteiger partial charge on any atom is 0.261 e. The van der Waals surface area contributed by atoms with Crippen molar-refractivity contribution in [3.05, 3.63) is 58.1 Å². The van der Waals surface area contributed by atoms with Crippen LogP contribution in [0.3, 0.4) is 0 Å². The zero-order valence-electron chi connectivity index (χ0n) is 9.25. The summed E-state index contributed by atoms with van der Waals surface area (Å²) in [5, 5.41) is 2.28. The number of nitrogens with one attached hydrogen (secondary N) is 1. The Kier molecular flexibility index (Phi) is 3.84. The van der Waals surface area contributed by atoms with Crippen molar-refractivity contribution in [1.82, 2.24) is 4.98 Å². The molecular weight excluding hydrogens is 325 g/mol. The monoisotopic (exact) mass is 330 g/mol. The third kappa shape index (κ3) is 2.93. The van der Waals surface area contributed by atoms with Gasteiger partial charge in [-0.15, -0.1) is 0 Å². The minimum atomic E-state index is -1.27. The Morgan fingerprint density at radius 1 is 1.21 bits per heavy atom. The normalized spacial score (nSPS) is 10.3. The van der Waals surface area contributed by atoms with E-state index in [1.165, 1.54) is 18.3 Å². The number of nitrogens with zero attached hydrogens (tertiary/aromatic N) is 1. The number of hydrogen-bond donors (Lipinski definition) is 1. The molecule has 0 radical (unpaired) electrons. The molecule has 3 nitrogen and oxygen atoms in total. The lowest BCUT2D eigenvalue weighted by Crippen LogP contribution is -2.16. The maximum atomic E-state index is 13.4. The third-order valence-electron chi connectivity index (χ3n) is 2.24. The first-order valence-electron chi connectivity index (χ1n) is 5.05. The topological polar surface area (TPSA) is 42.0 Å². The summed E-state index contributed by atoms with van der Waals surface area (Å²) in [7, 11) is 0. The van der Waals surface area contributed by atoms with Gasteiger partial charge in [0.15, 0.2) is 0 Å². The van der Waals surface area contributed by atoms with Crippen LogP contribution in [0, 0.1) is 17.5 Å². The molecule has 0 aliphatic carbocycles. The van der Waals surface area contributed by atoms with E-state index in [0.29, 0.717) is 16.7 Å². The highest BCUT2D eigenvalue weighted by Crippen LogP contribution is 2.21. The van der Waals surface area contributed by atoms with Crippen LogP contribution in [-0.4, -0.2) is 10.9 Å². The van der Waals surface area contributed by atoms with Gasteiger partial charge in [0.1, 0.15) is 27.6 Å². The predicted molar refractivity (Wildman–Crippen MR) is 66.2 cm³/mol. The first-order chi connectivity index (χ1) is 8.99. The van der Waals surface area contributed by atoms with E-state index in [0.717, 1.165) is 0 Å². The van der Waals surface area contributed by atoms with Gasteiger partial charge < -0.3 is 5.32 Å². The molecule has 0 fully saturated rings. The molecule has 0 saturated carbocycles. The summed E-state index contributed by atoms with van der Waals surface area (Å²) in [5.41, 5.74) is -0.604. The molecule has 0 unspecified atom stereocenters. The molecule has 0 bridgehead atoms. The van der Waals surface area contributed by atoms with Crippen molar-refractivity contribution in [1.29, 1.82) is 0 Å². The minimum absolute atomic E-state index is 0.246. The Hall–Kier alpha value is -1.89. The molecule has 2 aromatic rings. The van der Waals surface area contributed by atoms with E-state index in [1.54, 1.807) is 0 Å². The molecule has 1 aromatic carbocycles. The van der Waals surface area contributed by atoms with Gasteiger partial charge in [-0.25, -0.2) is 18.2 Å². The minimum Gasteiger partial charge on any atom is -0.319 e. The summed E-state index contributed by atoms with van der Waals surface area (Å²) in [6.45, 7) is 0. The maximum absolute atomic E-state index is 13.4. The van der Waals surface area contributed by atoms with Gasteiger partial charge in [0.2, 0.25) is 0 Å². The van der Waals surface area contributed by atoms with Crippen LogP contribution in [0.4, 0.5) is 18.9 Å². The van der Waals surface area contributed by atoms with E-state index < -0.39 is 28.9 Å². The first kappa shape index (κ1) is 13.5. The second-order valence-corrected chi connectivity index (χ2v) is 4.29. The molecule has 2 rings (SSSR count). The molecule has 0 aliphatic heterocycles. The van der Waals surface area contributed by atoms with E-state index >= 15 is 0 Å². The fourth-order valence-corrected chi connectivity index (χ4v) is 1.77. The SMILES string of the molecule is O=C(Nc1cccnc1Br)c1c(F)cc(F)cc1F. The van der Waals surface area contributed by atoms with Crippen LogP contribution in [0.5, 0.6) is 0 Å². The molecular formula is C12H6BrF3N2O. The molecule has 1 amide bonds. The Balaban J connectivity index is 2.34. The van der Waals surface area contributed by atoms with E-state index in [9.17, 15) is 18.0 Å². The molecule has 0 aliphatic rings. The van der Waals surface area contributed by atoms with Gasteiger partial charge >= 0.3 is 0 Å². The van der Waals surface area contributed by atoms with Gasteiger partial charge in [0, 0.05) is 18.3 Å². The van der Waals surface area contributed by atoms with Crippen molar-refractivity contribution in [2.75, 3.05) is 5.32 Å². The average Bonchev–Trinajstić information content (AvgIpc) is 2.30. The molecule has 19 heavy (non-hydrogen) atoms. The highest BCUT2D eigenvalue weighted by molar-refractivity contribution is 9.10. The van der Waals surface area contributed by atoms with Crippen LogP contribution in [-0.2, 0) is 0 Å². The van der Waals surface area contributed by atoms with Gasteiger partial charge in [0.25, 0.3) is 5.91 Å². The molecule has 0 saturated heterocycles. The number of carbonyl (C=O) groups excluding carboxylic acids is 1. The number of anilines is 1. The predicted octanol–water partition coefficient (Wildman–Crippen LogP) is 3.51. The van der Waals surface area contributed by atoms with Crippen molar-refractivity contribution < 1.29 is 18.0 Å². The smallest absolute Gasteiger partial charge is 0.261 e. The summed E-state index contributed by atoms with van der Waals surface area (Å²) in [6.07, 6.45) is 1.47. The number of halogens is 4. The highest BCUT2D eigenvalue weighted by Gasteiger charge is 2.19. The largest absolute Gasteiger partial charge is 0.319 e. The quantitative estimate of drug-likeness (QED) is 0.856. The van der Waals surface area contributed by atoms with E-state index in [-0.39, 0.29) is 5.69 Å². The molecule has 1 heterocycles. The number of aromatic nitrogens is 1. The van der Waals surface area contributed by atoms with E-state index in [4.69, 9.17) is 0 Å². The lowest BCUT2D eigenvalue weighted by molar-refractivity contribution is 0.101. The van der Waals surface area contributed by atoms with Crippen LogP contribution >= 0.6 is 15.9 Å². The van der Waals surface area contributed by atoms with Crippen molar-refractivity contribution in [3.8, 4) is 0 Å².